The number of allylic oxidation sites excluding steroid dienone is 1. The van der Waals surface area contributed by atoms with Crippen LogP contribution in [0.2, 0.25) is 0 Å². The third-order valence-corrected chi connectivity index (χ3v) is 13.6. The number of aliphatic hydroxyl groups excluding tert-OH is 2. The molecular weight excluding hydrogens is 890 g/mol. The lowest BCUT2D eigenvalue weighted by Crippen LogP contribution is -2.70. The van der Waals surface area contributed by atoms with Gasteiger partial charge in [0, 0.05) is 55.9 Å². The van der Waals surface area contributed by atoms with Gasteiger partial charge in [0.2, 0.25) is 11.7 Å². The monoisotopic (exact) mass is 949 g/mol. The molecule has 1 saturated carbocycles. The summed E-state index contributed by atoms with van der Waals surface area (Å²) >= 11 is 0. The lowest BCUT2D eigenvalue weighted by atomic mass is 9.55. The minimum absolute atomic E-state index is 0.0182. The minimum Gasteiger partial charge on any atom is -0.459 e. The summed E-state index contributed by atoms with van der Waals surface area (Å²) in [4.78, 5) is 33.6. The van der Waals surface area contributed by atoms with Crippen molar-refractivity contribution >= 4 is 23.4 Å². The molecule has 0 aromatic heterocycles. The first kappa shape index (κ1) is 49.5. The van der Waals surface area contributed by atoms with Crippen molar-refractivity contribution in [1.82, 2.24) is 4.90 Å². The second kappa shape index (κ2) is 23.1. The van der Waals surface area contributed by atoms with E-state index in [0.717, 1.165) is 47.9 Å². The van der Waals surface area contributed by atoms with Crippen molar-refractivity contribution in [1.29, 1.82) is 0 Å². The number of nitrogens with zero attached hydrogens (tertiary/aromatic N) is 3. The van der Waals surface area contributed by atoms with E-state index in [0.29, 0.717) is 53.5 Å². The standard InChI is InChI=1S/C57H60FN3O9/c1-3-34-67-57-53(60(38-40-16-23-44(58)24-17-40)54(64)31-20-39-18-25-45(26-19-39)61(65)66)37-51(59-68-4-2)49-35-43(14-8-10-32-62)48(15-9-11-33-63)55(56(49)57)50-36-47(29-30-52(50)70-57)69-46-27-21-42(22-28-46)41-12-6-5-7-13-41/h3,5-7,12-13,16-31,35-36,43,48,53,55-56,62-63H,1,4,8-11,14-15,32-34,37-38H2,2H3/t43-,48+,53-,55+,56+,57+/m0/s1. The molecule has 8 rings (SSSR count). The van der Waals surface area contributed by atoms with Gasteiger partial charge in [-0.3, -0.25) is 14.9 Å². The number of non-ortho nitro benzene ring substituents is 1. The number of carbonyl (C=O) groups is 1. The van der Waals surface area contributed by atoms with Crippen molar-refractivity contribution < 1.29 is 43.4 Å². The molecule has 5 aromatic carbocycles. The topological polar surface area (TPSA) is 153 Å². The third kappa shape index (κ3) is 11.1. The Bertz CT molecular complexity index is 2670. The SMILES string of the molecule is C=CCO[C@@]12Oc3ccc(Oc4ccc(-c5ccccc5)cc4)cc3[C@H]3[C@H](CCCCO)[C@@H](CCCCO)C=C(C(=NOCC)C[C@@H]1N(Cc1ccc(F)cc1)C(=O)C=Cc1ccc([N+](=O)[O-])cc1)[C@H]32. The van der Waals surface area contributed by atoms with Crippen LogP contribution in [0.15, 0.2) is 157 Å². The normalized spacial score (nSPS) is 21.8. The molecule has 2 N–H and O–H groups in total. The Morgan fingerprint density at radius 1 is 0.914 bits per heavy atom. The molecule has 6 atom stereocenters. The summed E-state index contributed by atoms with van der Waals surface area (Å²) in [7, 11) is 0. The number of rotatable bonds is 22. The number of aliphatic hydroxyl groups is 2. The molecule has 0 saturated heterocycles. The molecule has 364 valence electrons. The number of fused-ring (bicyclic) bond motifs is 2. The zero-order valence-electron chi connectivity index (χ0n) is 39.4. The molecule has 12 nitrogen and oxygen atoms in total. The fraction of sp³-hybridized carbons (Fsp3) is 0.333. The average Bonchev–Trinajstić information content (AvgIpc) is 3.38. The van der Waals surface area contributed by atoms with E-state index >= 15 is 4.79 Å². The van der Waals surface area contributed by atoms with Crippen molar-refractivity contribution in [3.05, 3.63) is 184 Å². The van der Waals surface area contributed by atoms with Gasteiger partial charge in [0.15, 0.2) is 0 Å². The first-order valence-electron chi connectivity index (χ1n) is 24.2. The van der Waals surface area contributed by atoms with Crippen LogP contribution in [-0.4, -0.2) is 69.9 Å². The van der Waals surface area contributed by atoms with E-state index in [1.165, 1.54) is 30.3 Å². The van der Waals surface area contributed by atoms with Crippen LogP contribution in [0.5, 0.6) is 17.2 Å². The number of ether oxygens (including phenoxy) is 3. The van der Waals surface area contributed by atoms with E-state index in [2.05, 4.69) is 24.8 Å². The number of hydrogen-bond donors (Lipinski definition) is 2. The summed E-state index contributed by atoms with van der Waals surface area (Å²) < 4.78 is 35.6. The van der Waals surface area contributed by atoms with Crippen molar-refractivity contribution in [2.75, 3.05) is 26.4 Å². The maximum atomic E-state index is 15.1. The number of benzene rings is 5. The molecule has 0 radical (unpaired) electrons. The summed E-state index contributed by atoms with van der Waals surface area (Å²) in [6, 6.07) is 35.0. The first-order valence-corrected chi connectivity index (χ1v) is 24.2. The summed E-state index contributed by atoms with van der Waals surface area (Å²) in [5, 5.41) is 36.2. The lowest BCUT2D eigenvalue weighted by Gasteiger charge is -2.60. The van der Waals surface area contributed by atoms with Crippen LogP contribution in [0.3, 0.4) is 0 Å². The molecule has 3 aliphatic rings. The second-order valence-electron chi connectivity index (χ2n) is 18.0. The molecule has 0 bridgehead atoms. The molecule has 1 amide bonds. The van der Waals surface area contributed by atoms with E-state index in [4.69, 9.17) is 24.2 Å². The summed E-state index contributed by atoms with van der Waals surface area (Å²) in [5.74, 6) is -1.45. The number of carbonyl (C=O) groups excluding carboxylic acids is 1. The fourth-order valence-electron chi connectivity index (χ4n) is 10.4. The van der Waals surface area contributed by atoms with Crippen LogP contribution in [0, 0.1) is 33.7 Å². The Morgan fingerprint density at radius 2 is 1.61 bits per heavy atom. The number of unbranched alkanes of at least 4 members (excludes halogenated alkanes) is 2. The predicted octanol–water partition coefficient (Wildman–Crippen LogP) is 11.6. The van der Waals surface area contributed by atoms with E-state index in [1.807, 2.05) is 67.6 Å². The molecule has 5 aromatic rings. The molecule has 2 aliphatic carbocycles. The zero-order chi connectivity index (χ0) is 49.0. The predicted molar refractivity (Wildman–Crippen MR) is 268 cm³/mol. The van der Waals surface area contributed by atoms with E-state index in [1.54, 1.807) is 41.3 Å². The average molecular weight is 950 g/mol. The van der Waals surface area contributed by atoms with Crippen molar-refractivity contribution in [2.24, 2.45) is 22.9 Å². The Morgan fingerprint density at radius 3 is 2.30 bits per heavy atom. The van der Waals surface area contributed by atoms with Crippen molar-refractivity contribution in [2.45, 2.75) is 76.2 Å². The molecule has 0 unspecified atom stereocenters. The minimum atomic E-state index is -1.55. The molecule has 0 spiro atoms. The molecule has 13 heteroatoms. The maximum Gasteiger partial charge on any atom is 0.269 e. The van der Waals surface area contributed by atoms with Crippen LogP contribution in [0.1, 0.15) is 74.5 Å². The molecule has 1 aliphatic heterocycles. The summed E-state index contributed by atoms with van der Waals surface area (Å²) in [5.41, 5.74) is 5.73. The van der Waals surface area contributed by atoms with Gasteiger partial charge in [-0.25, -0.2) is 4.39 Å². The van der Waals surface area contributed by atoms with Gasteiger partial charge in [0.1, 0.15) is 35.7 Å². The molecule has 70 heavy (non-hydrogen) atoms. The van der Waals surface area contributed by atoms with Crippen molar-refractivity contribution in [3.8, 4) is 28.4 Å². The summed E-state index contributed by atoms with van der Waals surface area (Å²) in [6.45, 7) is 6.40. The number of amides is 1. The number of nitro groups is 1. The van der Waals surface area contributed by atoms with E-state index in [-0.39, 0.29) is 56.2 Å². The van der Waals surface area contributed by atoms with Crippen LogP contribution in [-0.2, 0) is 20.9 Å². The Hall–Kier alpha value is -6.93. The first-order chi connectivity index (χ1) is 34.2. The zero-order valence-corrected chi connectivity index (χ0v) is 39.4. The molecule has 1 fully saturated rings. The highest BCUT2D eigenvalue weighted by Gasteiger charge is 2.65. The van der Waals surface area contributed by atoms with Crippen molar-refractivity contribution in [3.63, 3.8) is 0 Å². The number of hydrogen-bond acceptors (Lipinski definition) is 10. The molecule has 1 heterocycles. The van der Waals surface area contributed by atoms with Gasteiger partial charge < -0.3 is 34.2 Å². The van der Waals surface area contributed by atoms with Crippen LogP contribution in [0.25, 0.3) is 17.2 Å². The second-order valence-corrected chi connectivity index (χ2v) is 18.0. The lowest BCUT2D eigenvalue weighted by molar-refractivity contribution is -0.384. The van der Waals surface area contributed by atoms with Gasteiger partial charge in [-0.15, -0.1) is 6.58 Å². The van der Waals surface area contributed by atoms with Gasteiger partial charge in [-0.2, -0.15) is 0 Å². The number of nitro benzene ring substituents is 1. The van der Waals surface area contributed by atoms with Gasteiger partial charge in [-0.05, 0) is 133 Å². The highest BCUT2D eigenvalue weighted by Crippen LogP contribution is 2.62. The van der Waals surface area contributed by atoms with Gasteiger partial charge in [-0.1, -0.05) is 84.7 Å². The number of halogens is 1. The van der Waals surface area contributed by atoms with Crippen LogP contribution in [0.4, 0.5) is 10.1 Å². The number of oxime groups is 1. The van der Waals surface area contributed by atoms with E-state index < -0.39 is 34.4 Å². The van der Waals surface area contributed by atoms with Crippen LogP contribution >= 0.6 is 0 Å². The van der Waals surface area contributed by atoms with Gasteiger partial charge in [0.05, 0.1) is 23.2 Å². The van der Waals surface area contributed by atoms with Gasteiger partial charge in [0.25, 0.3) is 5.69 Å². The quantitative estimate of drug-likeness (QED) is 0.0227. The largest absolute Gasteiger partial charge is 0.459 e. The fourth-order valence-corrected chi connectivity index (χ4v) is 10.4. The highest BCUT2D eigenvalue weighted by atomic mass is 19.1. The third-order valence-electron chi connectivity index (χ3n) is 13.6. The van der Waals surface area contributed by atoms with E-state index in [9.17, 15) is 24.7 Å². The Balaban J connectivity index is 1.30. The smallest absolute Gasteiger partial charge is 0.269 e. The highest BCUT2D eigenvalue weighted by molar-refractivity contribution is 6.03. The maximum absolute atomic E-state index is 15.1. The van der Waals surface area contributed by atoms with Crippen LogP contribution < -0.4 is 9.47 Å². The Labute approximate surface area is 408 Å². The Kier molecular flexibility index (Phi) is 16.3. The van der Waals surface area contributed by atoms with Gasteiger partial charge >= 0.3 is 0 Å². The molecular formula is C57H60FN3O9. The summed E-state index contributed by atoms with van der Waals surface area (Å²) in [6.07, 6.45) is 11.4.